The maximum Gasteiger partial charge on any atom is 0.202 e. The van der Waals surface area contributed by atoms with E-state index in [9.17, 15) is 13.6 Å². The van der Waals surface area contributed by atoms with E-state index in [0.717, 1.165) is 0 Å². The lowest BCUT2D eigenvalue weighted by Gasteiger charge is -2.13. The van der Waals surface area contributed by atoms with Crippen LogP contribution < -0.4 is 4.74 Å². The minimum Gasteiger partial charge on any atom is -0.483 e. The van der Waals surface area contributed by atoms with Crippen LogP contribution in [-0.2, 0) is 0 Å². The molecule has 0 bridgehead atoms. The number of hydrogen-bond acceptors (Lipinski definition) is 2. The fourth-order valence-corrected chi connectivity index (χ4v) is 1.62. The van der Waals surface area contributed by atoms with Gasteiger partial charge >= 0.3 is 0 Å². The maximum absolute atomic E-state index is 12.8. The van der Waals surface area contributed by atoms with Gasteiger partial charge in [0.05, 0.1) is 0 Å². The average Bonchev–Trinajstić information content (AvgIpc) is 2.41. The summed E-state index contributed by atoms with van der Waals surface area (Å²) in [7, 11) is 0. The molecule has 0 spiro atoms. The molecule has 0 radical (unpaired) electrons. The second kappa shape index (κ2) is 5.61. The van der Waals surface area contributed by atoms with Crippen molar-refractivity contribution in [2.24, 2.45) is 0 Å². The summed E-state index contributed by atoms with van der Waals surface area (Å²) in [6.45, 7) is 1.59. The number of ketones is 1. The molecule has 0 saturated heterocycles. The van der Waals surface area contributed by atoms with E-state index in [1.54, 1.807) is 6.92 Å². The van der Waals surface area contributed by atoms with Gasteiger partial charge in [0.1, 0.15) is 17.4 Å². The molecule has 0 heterocycles. The van der Waals surface area contributed by atoms with Crippen molar-refractivity contribution < 1.29 is 18.3 Å². The van der Waals surface area contributed by atoms with Crippen LogP contribution in [0.25, 0.3) is 0 Å². The summed E-state index contributed by atoms with van der Waals surface area (Å²) in [6.07, 6.45) is -0.726. The monoisotopic (exact) mass is 262 g/mol. The summed E-state index contributed by atoms with van der Waals surface area (Å²) in [4.78, 5) is 12.0. The highest BCUT2D eigenvalue weighted by Crippen LogP contribution is 2.15. The standard InChI is InChI=1S/C15H12F2O2/c1-10(19-14-8-6-13(17)7-9-14)15(18)11-2-4-12(16)5-3-11/h2-10H,1H3. The minimum absolute atomic E-state index is 0.260. The van der Waals surface area contributed by atoms with E-state index in [1.807, 2.05) is 0 Å². The molecule has 1 unspecified atom stereocenters. The highest BCUT2D eigenvalue weighted by Gasteiger charge is 2.16. The molecule has 0 aliphatic heterocycles. The zero-order valence-electron chi connectivity index (χ0n) is 10.3. The highest BCUT2D eigenvalue weighted by atomic mass is 19.1. The molecule has 2 aromatic rings. The van der Waals surface area contributed by atoms with Crippen LogP contribution in [0.15, 0.2) is 48.5 Å². The van der Waals surface area contributed by atoms with Crippen LogP contribution in [-0.4, -0.2) is 11.9 Å². The van der Waals surface area contributed by atoms with Crippen LogP contribution in [0.3, 0.4) is 0 Å². The Hall–Kier alpha value is -2.23. The van der Waals surface area contributed by atoms with Crippen molar-refractivity contribution in [1.29, 1.82) is 0 Å². The van der Waals surface area contributed by atoms with E-state index in [2.05, 4.69) is 0 Å². The van der Waals surface area contributed by atoms with Gasteiger partial charge in [-0.1, -0.05) is 0 Å². The number of benzene rings is 2. The lowest BCUT2D eigenvalue weighted by atomic mass is 10.1. The number of carbonyl (C=O) groups is 1. The lowest BCUT2D eigenvalue weighted by molar-refractivity contribution is 0.0818. The van der Waals surface area contributed by atoms with Crippen molar-refractivity contribution in [3.05, 3.63) is 65.7 Å². The fraction of sp³-hybridized carbons (Fsp3) is 0.133. The van der Waals surface area contributed by atoms with E-state index in [1.165, 1.54) is 48.5 Å². The SMILES string of the molecule is CC(Oc1ccc(F)cc1)C(=O)c1ccc(F)cc1. The Morgan fingerprint density at radius 1 is 0.947 bits per heavy atom. The number of Topliss-reactive ketones (excluding diaryl/α,β-unsaturated/α-hetero) is 1. The Morgan fingerprint density at radius 3 is 1.95 bits per heavy atom. The van der Waals surface area contributed by atoms with Crippen LogP contribution >= 0.6 is 0 Å². The van der Waals surface area contributed by atoms with Gasteiger partial charge in [-0.15, -0.1) is 0 Å². The smallest absolute Gasteiger partial charge is 0.202 e. The predicted molar refractivity (Wildman–Crippen MR) is 67.2 cm³/mol. The Balaban J connectivity index is 2.07. The normalized spacial score (nSPS) is 11.9. The number of rotatable bonds is 4. The zero-order valence-corrected chi connectivity index (χ0v) is 10.3. The quantitative estimate of drug-likeness (QED) is 0.787. The summed E-state index contributed by atoms with van der Waals surface area (Å²) < 4.78 is 30.9. The van der Waals surface area contributed by atoms with Gasteiger partial charge in [-0.05, 0) is 55.5 Å². The minimum atomic E-state index is -0.726. The highest BCUT2D eigenvalue weighted by molar-refractivity contribution is 5.99. The summed E-state index contributed by atoms with van der Waals surface area (Å²) in [5.74, 6) is -0.623. The van der Waals surface area contributed by atoms with Crippen LogP contribution in [0.5, 0.6) is 5.75 Å². The number of halogens is 2. The summed E-state index contributed by atoms with van der Waals surface area (Å²) in [6, 6.07) is 10.7. The second-order valence-electron chi connectivity index (χ2n) is 4.09. The Kier molecular flexibility index (Phi) is 3.90. The van der Waals surface area contributed by atoms with Crippen molar-refractivity contribution in [3.8, 4) is 5.75 Å². The molecular formula is C15H12F2O2. The molecule has 0 N–H and O–H groups in total. The van der Waals surface area contributed by atoms with Crippen molar-refractivity contribution in [1.82, 2.24) is 0 Å². The van der Waals surface area contributed by atoms with Gasteiger partial charge in [0.25, 0.3) is 0 Å². The van der Waals surface area contributed by atoms with Gasteiger partial charge in [-0.3, -0.25) is 4.79 Å². The van der Waals surface area contributed by atoms with Crippen molar-refractivity contribution in [3.63, 3.8) is 0 Å². The van der Waals surface area contributed by atoms with Crippen LogP contribution in [0.1, 0.15) is 17.3 Å². The molecule has 0 amide bonds. The van der Waals surface area contributed by atoms with E-state index in [-0.39, 0.29) is 11.6 Å². The molecule has 2 aromatic carbocycles. The third-order valence-corrected chi connectivity index (χ3v) is 2.62. The van der Waals surface area contributed by atoms with Crippen molar-refractivity contribution in [2.75, 3.05) is 0 Å². The molecule has 2 rings (SSSR count). The molecule has 0 aliphatic rings. The molecule has 19 heavy (non-hydrogen) atoms. The van der Waals surface area contributed by atoms with E-state index >= 15 is 0 Å². The summed E-state index contributed by atoms with van der Waals surface area (Å²) in [5.41, 5.74) is 0.371. The molecule has 0 fully saturated rings. The fourth-order valence-electron chi connectivity index (χ4n) is 1.62. The predicted octanol–water partition coefficient (Wildman–Crippen LogP) is 3.62. The Morgan fingerprint density at radius 2 is 1.42 bits per heavy atom. The molecule has 0 saturated carbocycles. The lowest BCUT2D eigenvalue weighted by Crippen LogP contribution is -2.23. The van der Waals surface area contributed by atoms with Gasteiger partial charge in [0, 0.05) is 5.56 Å². The second-order valence-corrected chi connectivity index (χ2v) is 4.09. The molecule has 4 heteroatoms. The van der Waals surface area contributed by atoms with Gasteiger partial charge < -0.3 is 4.74 Å². The first-order valence-electron chi connectivity index (χ1n) is 5.78. The third-order valence-electron chi connectivity index (χ3n) is 2.62. The largest absolute Gasteiger partial charge is 0.483 e. The molecular weight excluding hydrogens is 250 g/mol. The van der Waals surface area contributed by atoms with Gasteiger partial charge in [0.15, 0.2) is 6.10 Å². The van der Waals surface area contributed by atoms with Crippen molar-refractivity contribution >= 4 is 5.78 Å². The summed E-state index contributed by atoms with van der Waals surface area (Å²) >= 11 is 0. The van der Waals surface area contributed by atoms with Crippen LogP contribution in [0, 0.1) is 11.6 Å². The molecule has 0 aliphatic carbocycles. The number of carbonyl (C=O) groups excluding carboxylic acids is 1. The third kappa shape index (κ3) is 3.37. The van der Waals surface area contributed by atoms with E-state index in [0.29, 0.717) is 11.3 Å². The Bertz CT molecular complexity index is 562. The molecule has 2 nitrogen and oxygen atoms in total. The molecule has 98 valence electrons. The van der Waals surface area contributed by atoms with Gasteiger partial charge in [-0.2, -0.15) is 0 Å². The maximum atomic E-state index is 12.8. The first-order valence-corrected chi connectivity index (χ1v) is 5.78. The van der Waals surface area contributed by atoms with Crippen LogP contribution in [0.4, 0.5) is 8.78 Å². The topological polar surface area (TPSA) is 26.3 Å². The first kappa shape index (κ1) is 13.2. The first-order chi connectivity index (χ1) is 9.06. The average molecular weight is 262 g/mol. The van der Waals surface area contributed by atoms with Crippen molar-refractivity contribution in [2.45, 2.75) is 13.0 Å². The van der Waals surface area contributed by atoms with Gasteiger partial charge in [-0.25, -0.2) is 8.78 Å². The van der Waals surface area contributed by atoms with Crippen LogP contribution in [0.2, 0.25) is 0 Å². The zero-order chi connectivity index (χ0) is 13.8. The molecule has 0 aromatic heterocycles. The Labute approximate surface area is 109 Å². The van der Waals surface area contributed by atoms with E-state index < -0.39 is 11.9 Å². The number of hydrogen-bond donors (Lipinski definition) is 0. The van der Waals surface area contributed by atoms with Gasteiger partial charge in [0.2, 0.25) is 5.78 Å². The van der Waals surface area contributed by atoms with E-state index in [4.69, 9.17) is 4.74 Å². The summed E-state index contributed by atoms with van der Waals surface area (Å²) in [5, 5.41) is 0. The molecule has 1 atom stereocenters. The number of ether oxygens (including phenoxy) is 1.